The van der Waals surface area contributed by atoms with E-state index in [-0.39, 0.29) is 17.0 Å². The lowest BCUT2D eigenvalue weighted by Crippen LogP contribution is -2.01. The molecule has 2 N–H and O–H groups in total. The van der Waals surface area contributed by atoms with Gasteiger partial charge in [0, 0.05) is 5.92 Å². The quantitative estimate of drug-likeness (QED) is 0.894. The van der Waals surface area contributed by atoms with Crippen LogP contribution in [0.3, 0.4) is 0 Å². The lowest BCUT2D eigenvalue weighted by atomic mass is 9.92. The van der Waals surface area contributed by atoms with E-state index in [0.717, 1.165) is 11.1 Å². The fourth-order valence-electron chi connectivity index (χ4n) is 2.02. The van der Waals surface area contributed by atoms with Gasteiger partial charge in [-0.3, -0.25) is 0 Å². The van der Waals surface area contributed by atoms with Crippen LogP contribution >= 0.6 is 0 Å². The van der Waals surface area contributed by atoms with E-state index in [0.29, 0.717) is 0 Å². The van der Waals surface area contributed by atoms with Crippen molar-refractivity contribution in [3.8, 4) is 0 Å². The fraction of sp³-hybridized carbons (Fsp3) is 0.125. The van der Waals surface area contributed by atoms with Gasteiger partial charge in [0.25, 0.3) is 0 Å². The van der Waals surface area contributed by atoms with Gasteiger partial charge in [-0.2, -0.15) is 0 Å². The normalized spacial score (nSPS) is 10.5. The third kappa shape index (κ3) is 2.85. The topological polar surface area (TPSA) is 74.6 Å². The average molecular weight is 270 g/mol. The molecule has 4 heteroatoms. The molecule has 0 spiro atoms. The van der Waals surface area contributed by atoms with Gasteiger partial charge in [0.05, 0.1) is 11.1 Å². The van der Waals surface area contributed by atoms with Crippen molar-refractivity contribution >= 4 is 11.9 Å². The molecule has 4 nitrogen and oxygen atoms in total. The maximum Gasteiger partial charge on any atom is 0.335 e. The van der Waals surface area contributed by atoms with Crippen LogP contribution in [0.5, 0.6) is 0 Å². The molecule has 0 fully saturated rings. The van der Waals surface area contributed by atoms with Crippen LogP contribution in [-0.2, 0) is 0 Å². The molecule has 0 saturated heterocycles. The van der Waals surface area contributed by atoms with Crippen LogP contribution < -0.4 is 0 Å². The zero-order valence-electron chi connectivity index (χ0n) is 10.9. The molecule has 2 aromatic carbocycles. The van der Waals surface area contributed by atoms with Gasteiger partial charge in [0.15, 0.2) is 0 Å². The third-order valence-corrected chi connectivity index (χ3v) is 3.32. The highest BCUT2D eigenvalue weighted by Crippen LogP contribution is 2.24. The molecule has 0 aliphatic rings. The number of hydrogen-bond acceptors (Lipinski definition) is 2. The molecule has 0 saturated carbocycles. The second-order valence-corrected chi connectivity index (χ2v) is 4.58. The third-order valence-electron chi connectivity index (χ3n) is 3.32. The highest BCUT2D eigenvalue weighted by Gasteiger charge is 2.11. The summed E-state index contributed by atoms with van der Waals surface area (Å²) in [7, 11) is 0. The van der Waals surface area contributed by atoms with Crippen molar-refractivity contribution in [2.24, 2.45) is 0 Å². The Hall–Kier alpha value is -2.62. The summed E-state index contributed by atoms with van der Waals surface area (Å²) in [6.07, 6.45) is 0. The first-order valence-electron chi connectivity index (χ1n) is 6.15. The Balaban J connectivity index is 2.24. The summed E-state index contributed by atoms with van der Waals surface area (Å²) < 4.78 is 0. The number of carbonyl (C=O) groups is 2. The summed E-state index contributed by atoms with van der Waals surface area (Å²) in [4.78, 5) is 21.6. The van der Waals surface area contributed by atoms with Gasteiger partial charge in [-0.25, -0.2) is 9.59 Å². The lowest BCUT2D eigenvalue weighted by Gasteiger charge is -2.13. The minimum absolute atomic E-state index is 0.0701. The Morgan fingerprint density at radius 3 is 1.30 bits per heavy atom. The first kappa shape index (κ1) is 13.8. The Bertz CT molecular complexity index is 569. The van der Waals surface area contributed by atoms with Crippen LogP contribution in [0.4, 0.5) is 0 Å². The molecule has 2 aromatic rings. The number of carboxylic acid groups (broad SMARTS) is 2. The van der Waals surface area contributed by atoms with Gasteiger partial charge < -0.3 is 10.2 Å². The maximum atomic E-state index is 10.8. The van der Waals surface area contributed by atoms with Gasteiger partial charge in [-0.1, -0.05) is 31.2 Å². The minimum Gasteiger partial charge on any atom is -0.478 e. The van der Waals surface area contributed by atoms with E-state index in [1.54, 1.807) is 48.5 Å². The number of carboxylic acids is 2. The van der Waals surface area contributed by atoms with E-state index >= 15 is 0 Å². The predicted octanol–water partition coefficient (Wildman–Crippen LogP) is 3.23. The molecule has 0 aromatic heterocycles. The first-order valence-corrected chi connectivity index (χ1v) is 6.15. The van der Waals surface area contributed by atoms with Crippen molar-refractivity contribution < 1.29 is 19.8 Å². The molecule has 0 radical (unpaired) electrons. The van der Waals surface area contributed by atoms with Crippen molar-refractivity contribution in [2.45, 2.75) is 12.8 Å². The number of benzene rings is 2. The molecule has 0 aliphatic heterocycles. The van der Waals surface area contributed by atoms with Crippen molar-refractivity contribution in [3.05, 3.63) is 70.8 Å². The monoisotopic (exact) mass is 270 g/mol. The summed E-state index contributed by atoms with van der Waals surface area (Å²) in [6, 6.07) is 13.4. The van der Waals surface area contributed by atoms with E-state index in [2.05, 4.69) is 0 Å². The molecule has 0 heterocycles. The summed E-state index contributed by atoms with van der Waals surface area (Å²) in [5, 5.41) is 17.7. The largest absolute Gasteiger partial charge is 0.478 e. The van der Waals surface area contributed by atoms with E-state index in [9.17, 15) is 9.59 Å². The Morgan fingerprint density at radius 2 is 1.05 bits per heavy atom. The number of rotatable bonds is 4. The van der Waals surface area contributed by atoms with E-state index < -0.39 is 11.9 Å². The summed E-state index contributed by atoms with van der Waals surface area (Å²) >= 11 is 0. The van der Waals surface area contributed by atoms with E-state index in [4.69, 9.17) is 10.2 Å². The SMILES string of the molecule is CC(c1ccc(C(=O)O)cc1)c1ccc(C(=O)O)cc1. The van der Waals surface area contributed by atoms with Crippen LogP contribution in [0.25, 0.3) is 0 Å². The zero-order chi connectivity index (χ0) is 14.7. The second kappa shape index (κ2) is 5.57. The standard InChI is InChI=1S/C16H14O4/c1-10(11-2-6-13(7-3-11)15(17)18)12-4-8-14(9-5-12)16(19)20/h2-10H,1H3,(H,17,18)(H,19,20). The maximum absolute atomic E-state index is 10.8. The molecule has 0 aliphatic carbocycles. The molecule has 20 heavy (non-hydrogen) atoms. The first-order chi connectivity index (χ1) is 9.49. The highest BCUT2D eigenvalue weighted by molar-refractivity contribution is 5.88. The van der Waals surface area contributed by atoms with Crippen molar-refractivity contribution in [1.82, 2.24) is 0 Å². The van der Waals surface area contributed by atoms with Gasteiger partial charge >= 0.3 is 11.9 Å². The van der Waals surface area contributed by atoms with E-state index in [1.165, 1.54) is 0 Å². The van der Waals surface area contributed by atoms with Crippen molar-refractivity contribution in [1.29, 1.82) is 0 Å². The fourth-order valence-corrected chi connectivity index (χ4v) is 2.02. The van der Waals surface area contributed by atoms with Crippen LogP contribution in [0.1, 0.15) is 44.7 Å². The predicted molar refractivity (Wildman–Crippen MR) is 74.3 cm³/mol. The molecular weight excluding hydrogens is 256 g/mol. The number of hydrogen-bond donors (Lipinski definition) is 2. The van der Waals surface area contributed by atoms with Gasteiger partial charge in [-0.05, 0) is 35.4 Å². The smallest absolute Gasteiger partial charge is 0.335 e. The Labute approximate surface area is 116 Å². The summed E-state index contributed by atoms with van der Waals surface area (Å²) in [5.74, 6) is -1.83. The zero-order valence-corrected chi connectivity index (χ0v) is 10.9. The van der Waals surface area contributed by atoms with Crippen molar-refractivity contribution in [3.63, 3.8) is 0 Å². The highest BCUT2D eigenvalue weighted by atomic mass is 16.4. The lowest BCUT2D eigenvalue weighted by molar-refractivity contribution is 0.0686. The van der Waals surface area contributed by atoms with E-state index in [1.807, 2.05) is 6.92 Å². The molecule has 0 amide bonds. The molecule has 0 atom stereocenters. The van der Waals surface area contributed by atoms with Crippen LogP contribution in [0.2, 0.25) is 0 Å². The molecule has 2 rings (SSSR count). The molecular formula is C16H14O4. The Kier molecular flexibility index (Phi) is 3.84. The van der Waals surface area contributed by atoms with Crippen LogP contribution in [0, 0.1) is 0 Å². The molecule has 102 valence electrons. The van der Waals surface area contributed by atoms with Crippen molar-refractivity contribution in [2.75, 3.05) is 0 Å². The van der Waals surface area contributed by atoms with Crippen LogP contribution in [-0.4, -0.2) is 22.2 Å². The molecule has 0 unspecified atom stereocenters. The van der Waals surface area contributed by atoms with Gasteiger partial charge in [-0.15, -0.1) is 0 Å². The second-order valence-electron chi connectivity index (χ2n) is 4.58. The molecule has 0 bridgehead atoms. The Morgan fingerprint density at radius 1 is 0.750 bits per heavy atom. The number of aromatic carboxylic acids is 2. The van der Waals surface area contributed by atoms with Gasteiger partial charge in [0.2, 0.25) is 0 Å². The minimum atomic E-state index is -0.949. The average Bonchev–Trinajstić information content (AvgIpc) is 2.46. The summed E-state index contributed by atoms with van der Waals surface area (Å²) in [5.41, 5.74) is 2.47. The van der Waals surface area contributed by atoms with Gasteiger partial charge in [0.1, 0.15) is 0 Å². The summed E-state index contributed by atoms with van der Waals surface area (Å²) in [6.45, 7) is 1.99. The van der Waals surface area contributed by atoms with Crippen LogP contribution in [0.15, 0.2) is 48.5 Å².